The molecule has 11 heteroatoms. The quantitative estimate of drug-likeness (QED) is 0.513. The van der Waals surface area contributed by atoms with Crippen LogP contribution in [0.4, 0.5) is 13.2 Å². The standard InChI is InChI=1S/C22H27N3O3.C2HF3O2/c1-15(2)24-21(26)14-27-19-13-16(28-22(3,4)5)9-10-17(19)18-7-6-8-20-23-11-12-25(18)20;3-2(4,5)1(6)7/h6-13,15H,14H2,1-5H3,(H,24,26);(H,6,7). The highest BCUT2D eigenvalue weighted by Crippen LogP contribution is 2.35. The SMILES string of the molecule is CC(C)NC(=O)COc1cc(OC(C)(C)C)ccc1-c1cccc2nccn12.O=C(O)C(F)(F)F. The lowest BCUT2D eigenvalue weighted by Crippen LogP contribution is -2.34. The Bertz CT molecular complexity index is 1170. The molecule has 1 aromatic carbocycles. The molecule has 0 aliphatic carbocycles. The zero-order valence-electron chi connectivity index (χ0n) is 20.0. The number of hydrogen-bond acceptors (Lipinski definition) is 5. The van der Waals surface area contributed by atoms with Crippen molar-refractivity contribution in [2.75, 3.05) is 6.61 Å². The van der Waals surface area contributed by atoms with Crippen LogP contribution in [0.25, 0.3) is 16.9 Å². The van der Waals surface area contributed by atoms with E-state index in [2.05, 4.69) is 10.3 Å². The van der Waals surface area contributed by atoms with Crippen molar-refractivity contribution in [2.45, 2.75) is 52.4 Å². The molecule has 0 radical (unpaired) electrons. The number of halogens is 3. The van der Waals surface area contributed by atoms with Crippen molar-refractivity contribution in [2.24, 2.45) is 0 Å². The van der Waals surface area contributed by atoms with Gasteiger partial charge in [0.05, 0.1) is 5.69 Å². The number of carbonyl (C=O) groups excluding carboxylic acids is 1. The van der Waals surface area contributed by atoms with Gasteiger partial charge in [-0.1, -0.05) is 6.07 Å². The molecule has 1 amide bonds. The number of hydrogen-bond donors (Lipinski definition) is 2. The highest BCUT2D eigenvalue weighted by molar-refractivity contribution is 5.78. The number of fused-ring (bicyclic) bond motifs is 1. The largest absolute Gasteiger partial charge is 0.490 e. The summed E-state index contributed by atoms with van der Waals surface area (Å²) in [6.07, 6.45) is -1.42. The van der Waals surface area contributed by atoms with E-state index in [1.165, 1.54) is 0 Å². The Labute approximate surface area is 200 Å². The number of nitrogens with zero attached hydrogens (tertiary/aromatic N) is 2. The van der Waals surface area contributed by atoms with Crippen molar-refractivity contribution in [1.29, 1.82) is 0 Å². The highest BCUT2D eigenvalue weighted by Gasteiger charge is 2.38. The van der Waals surface area contributed by atoms with Gasteiger partial charge in [-0.15, -0.1) is 0 Å². The first-order chi connectivity index (χ1) is 16.2. The van der Waals surface area contributed by atoms with Crippen LogP contribution in [-0.2, 0) is 9.59 Å². The predicted molar refractivity (Wildman–Crippen MR) is 123 cm³/mol. The van der Waals surface area contributed by atoms with Crippen LogP contribution in [0.3, 0.4) is 0 Å². The van der Waals surface area contributed by atoms with Crippen LogP contribution in [0.2, 0.25) is 0 Å². The predicted octanol–water partition coefficient (Wildman–Crippen LogP) is 4.72. The number of imidazole rings is 1. The van der Waals surface area contributed by atoms with Gasteiger partial charge in [0.25, 0.3) is 5.91 Å². The van der Waals surface area contributed by atoms with Gasteiger partial charge < -0.3 is 19.9 Å². The molecule has 2 aromatic heterocycles. The third-order valence-electron chi connectivity index (χ3n) is 4.13. The molecule has 0 spiro atoms. The number of aliphatic carboxylic acids is 1. The van der Waals surface area contributed by atoms with Crippen molar-refractivity contribution in [3.8, 4) is 22.8 Å². The van der Waals surface area contributed by atoms with Crippen molar-refractivity contribution < 1.29 is 37.3 Å². The van der Waals surface area contributed by atoms with Crippen molar-refractivity contribution >= 4 is 17.5 Å². The summed E-state index contributed by atoms with van der Waals surface area (Å²) in [5, 5.41) is 9.97. The smallest absolute Gasteiger partial charge is 0.488 e. The van der Waals surface area contributed by atoms with Gasteiger partial charge in [-0.05, 0) is 58.9 Å². The van der Waals surface area contributed by atoms with Crippen LogP contribution < -0.4 is 14.8 Å². The van der Waals surface area contributed by atoms with E-state index >= 15 is 0 Å². The van der Waals surface area contributed by atoms with Crippen molar-refractivity contribution in [3.63, 3.8) is 0 Å². The van der Waals surface area contributed by atoms with Gasteiger partial charge >= 0.3 is 12.1 Å². The highest BCUT2D eigenvalue weighted by atomic mass is 19.4. The number of benzene rings is 1. The van der Waals surface area contributed by atoms with Crippen LogP contribution in [0, 0.1) is 0 Å². The van der Waals surface area contributed by atoms with Crippen molar-refractivity contribution in [1.82, 2.24) is 14.7 Å². The maximum atomic E-state index is 12.1. The lowest BCUT2D eigenvalue weighted by Gasteiger charge is -2.22. The molecule has 0 aliphatic rings. The third kappa shape index (κ3) is 8.51. The monoisotopic (exact) mass is 495 g/mol. The first kappa shape index (κ1) is 27.5. The average molecular weight is 495 g/mol. The molecule has 3 rings (SSSR count). The molecule has 3 aromatic rings. The number of nitrogens with one attached hydrogen (secondary N) is 1. The zero-order valence-corrected chi connectivity index (χ0v) is 20.0. The molecular weight excluding hydrogens is 467 g/mol. The molecule has 0 saturated heterocycles. The van der Waals surface area contributed by atoms with E-state index in [1.807, 2.05) is 81.6 Å². The summed E-state index contributed by atoms with van der Waals surface area (Å²) in [7, 11) is 0. The van der Waals surface area contributed by atoms with Crippen LogP contribution in [0.1, 0.15) is 34.6 Å². The topological polar surface area (TPSA) is 102 Å². The number of ether oxygens (including phenoxy) is 2. The summed E-state index contributed by atoms with van der Waals surface area (Å²) in [6, 6.07) is 11.6. The van der Waals surface area contributed by atoms with Gasteiger partial charge in [0, 0.05) is 30.1 Å². The van der Waals surface area contributed by atoms with E-state index in [0.29, 0.717) is 11.5 Å². The minimum Gasteiger partial charge on any atom is -0.488 e. The molecule has 0 fully saturated rings. The molecule has 190 valence electrons. The second-order valence-electron chi connectivity index (χ2n) is 8.75. The molecule has 0 bridgehead atoms. The molecule has 0 atom stereocenters. The van der Waals surface area contributed by atoms with E-state index in [9.17, 15) is 18.0 Å². The normalized spacial score (nSPS) is 11.6. The Morgan fingerprint density at radius 1 is 1.14 bits per heavy atom. The molecule has 35 heavy (non-hydrogen) atoms. The number of carboxylic acids is 1. The summed E-state index contributed by atoms with van der Waals surface area (Å²) in [5.41, 5.74) is 2.30. The van der Waals surface area contributed by atoms with E-state index in [4.69, 9.17) is 19.4 Å². The van der Waals surface area contributed by atoms with Crippen molar-refractivity contribution in [3.05, 3.63) is 48.8 Å². The second-order valence-corrected chi connectivity index (χ2v) is 8.75. The molecule has 2 N–H and O–H groups in total. The number of carboxylic acid groups (broad SMARTS) is 1. The molecule has 2 heterocycles. The van der Waals surface area contributed by atoms with E-state index < -0.39 is 12.1 Å². The lowest BCUT2D eigenvalue weighted by molar-refractivity contribution is -0.192. The first-order valence-electron chi connectivity index (χ1n) is 10.6. The first-order valence-corrected chi connectivity index (χ1v) is 10.6. The molecule has 0 saturated carbocycles. The Balaban J connectivity index is 0.000000540. The number of rotatable bonds is 6. The summed E-state index contributed by atoms with van der Waals surface area (Å²) >= 11 is 0. The Hall–Kier alpha value is -3.76. The van der Waals surface area contributed by atoms with Gasteiger partial charge in [-0.3, -0.25) is 9.20 Å². The second kappa shape index (κ2) is 11.1. The maximum absolute atomic E-state index is 12.1. The summed E-state index contributed by atoms with van der Waals surface area (Å²) in [4.78, 5) is 25.3. The zero-order chi connectivity index (χ0) is 26.4. The molecule has 0 unspecified atom stereocenters. The Morgan fingerprint density at radius 2 is 1.80 bits per heavy atom. The number of alkyl halides is 3. The van der Waals surface area contributed by atoms with Gasteiger partial charge in [0.15, 0.2) is 6.61 Å². The van der Waals surface area contributed by atoms with Crippen LogP contribution in [0.5, 0.6) is 11.5 Å². The Kier molecular flexibility index (Phi) is 8.72. The molecule has 0 aliphatic heterocycles. The lowest BCUT2D eigenvalue weighted by atomic mass is 10.1. The Morgan fingerprint density at radius 3 is 2.37 bits per heavy atom. The van der Waals surface area contributed by atoms with E-state index in [0.717, 1.165) is 16.9 Å². The van der Waals surface area contributed by atoms with E-state index in [1.54, 1.807) is 6.20 Å². The third-order valence-corrected chi connectivity index (χ3v) is 4.13. The minimum absolute atomic E-state index is 0.0609. The summed E-state index contributed by atoms with van der Waals surface area (Å²) < 4.78 is 45.6. The maximum Gasteiger partial charge on any atom is 0.490 e. The van der Waals surface area contributed by atoms with Crippen LogP contribution >= 0.6 is 0 Å². The van der Waals surface area contributed by atoms with Gasteiger partial charge in [0.1, 0.15) is 22.7 Å². The molecule has 8 nitrogen and oxygen atoms in total. The summed E-state index contributed by atoms with van der Waals surface area (Å²) in [5.74, 6) is -1.65. The fourth-order valence-electron chi connectivity index (χ4n) is 2.92. The van der Waals surface area contributed by atoms with E-state index in [-0.39, 0.29) is 24.2 Å². The number of pyridine rings is 1. The minimum atomic E-state index is -5.08. The number of aromatic nitrogens is 2. The van der Waals surface area contributed by atoms with Crippen LogP contribution in [-0.4, -0.2) is 50.8 Å². The van der Waals surface area contributed by atoms with Gasteiger partial charge in [-0.2, -0.15) is 13.2 Å². The van der Waals surface area contributed by atoms with Gasteiger partial charge in [0.2, 0.25) is 0 Å². The van der Waals surface area contributed by atoms with Crippen LogP contribution in [0.15, 0.2) is 48.8 Å². The fourth-order valence-corrected chi connectivity index (χ4v) is 2.92. The number of amides is 1. The molecular formula is C24H28F3N3O5. The fraction of sp³-hybridized carbons (Fsp3) is 0.375. The summed E-state index contributed by atoms with van der Waals surface area (Å²) in [6.45, 7) is 9.74. The average Bonchev–Trinajstić information content (AvgIpc) is 3.19. The van der Waals surface area contributed by atoms with Gasteiger partial charge in [-0.25, -0.2) is 9.78 Å². The number of carbonyl (C=O) groups is 2.